The number of aliphatic hydroxyl groups excluding tert-OH is 1. The monoisotopic (exact) mass is 513 g/mol. The molecule has 0 bridgehead atoms. The first-order valence-electron chi connectivity index (χ1n) is 12.3. The summed E-state index contributed by atoms with van der Waals surface area (Å²) in [4.78, 5) is 27.9. The molecule has 2 atom stereocenters. The number of Topliss-reactive ketones (excluding diaryl/α,β-unsaturated/α-hetero) is 1. The normalized spacial score (nSPS) is 21.4. The van der Waals surface area contributed by atoms with Crippen molar-refractivity contribution in [2.75, 3.05) is 26.9 Å². The van der Waals surface area contributed by atoms with Crippen LogP contribution in [0.4, 0.5) is 0 Å². The van der Waals surface area contributed by atoms with Gasteiger partial charge in [-0.3, -0.25) is 9.59 Å². The van der Waals surface area contributed by atoms with Gasteiger partial charge in [0.25, 0.3) is 11.7 Å². The Hall–Kier alpha value is -3.03. The van der Waals surface area contributed by atoms with Crippen molar-refractivity contribution >= 4 is 29.1 Å². The molecule has 2 saturated heterocycles. The van der Waals surface area contributed by atoms with Gasteiger partial charge in [0.1, 0.15) is 5.76 Å². The summed E-state index contributed by atoms with van der Waals surface area (Å²) in [6, 6.07) is 11.0. The highest BCUT2D eigenvalue weighted by atomic mass is 35.5. The average molecular weight is 514 g/mol. The summed E-state index contributed by atoms with van der Waals surface area (Å²) in [5.74, 6) is -0.0770. The maximum Gasteiger partial charge on any atom is 0.295 e. The molecule has 2 aliphatic rings. The second-order valence-electron chi connectivity index (χ2n) is 9.53. The summed E-state index contributed by atoms with van der Waals surface area (Å²) in [6.07, 6.45) is 2.44. The highest BCUT2D eigenvalue weighted by molar-refractivity contribution is 6.46. The lowest BCUT2D eigenvalue weighted by Gasteiger charge is -2.28. The molecule has 2 aromatic carbocycles. The molecule has 8 heteroatoms. The number of hydrogen-bond acceptors (Lipinski definition) is 6. The lowest BCUT2D eigenvalue weighted by molar-refractivity contribution is -0.140. The van der Waals surface area contributed by atoms with Crippen molar-refractivity contribution in [3.05, 3.63) is 64.2 Å². The molecule has 0 saturated carbocycles. The van der Waals surface area contributed by atoms with Crippen molar-refractivity contribution in [1.29, 1.82) is 0 Å². The first kappa shape index (κ1) is 26.0. The molecule has 192 valence electrons. The second-order valence-corrected chi connectivity index (χ2v) is 9.97. The highest BCUT2D eigenvalue weighted by Crippen LogP contribution is 2.42. The minimum absolute atomic E-state index is 0.0239. The molecule has 1 amide bonds. The van der Waals surface area contributed by atoms with E-state index in [0.717, 1.165) is 19.3 Å². The van der Waals surface area contributed by atoms with Gasteiger partial charge >= 0.3 is 0 Å². The second kappa shape index (κ2) is 11.4. The van der Waals surface area contributed by atoms with Crippen LogP contribution in [0.5, 0.6) is 11.5 Å². The molecule has 0 spiro atoms. The van der Waals surface area contributed by atoms with Gasteiger partial charge in [-0.15, -0.1) is 0 Å². The van der Waals surface area contributed by atoms with E-state index in [1.54, 1.807) is 49.6 Å². The first-order valence-corrected chi connectivity index (χ1v) is 12.6. The molecule has 7 nitrogen and oxygen atoms in total. The number of halogens is 1. The summed E-state index contributed by atoms with van der Waals surface area (Å²) in [5, 5.41) is 11.7. The van der Waals surface area contributed by atoms with Gasteiger partial charge in [0.15, 0.2) is 11.5 Å². The largest absolute Gasteiger partial charge is 0.507 e. The number of ketones is 1. The maximum atomic E-state index is 13.2. The van der Waals surface area contributed by atoms with Gasteiger partial charge in [-0.05, 0) is 67.1 Å². The average Bonchev–Trinajstić information content (AvgIpc) is 3.46. The zero-order valence-electron chi connectivity index (χ0n) is 20.8. The third-order valence-corrected chi connectivity index (χ3v) is 6.79. The standard InChI is InChI=1S/C28H32ClNO6/c1-17(2)12-14-36-22-11-8-19(15-23(22)34-3)25-24(26(31)18-6-9-20(29)10-7-18)27(32)28(33)30(25)16-21-5-4-13-35-21/h6-11,15,17,21,25,31H,4-5,12-14,16H2,1-3H3/b26-24+. The molecular formula is C28H32ClNO6. The number of nitrogens with zero attached hydrogens (tertiary/aromatic N) is 1. The molecule has 4 rings (SSSR count). The summed E-state index contributed by atoms with van der Waals surface area (Å²) < 4.78 is 17.3. The third kappa shape index (κ3) is 5.52. The minimum atomic E-state index is -0.802. The number of aliphatic hydroxyl groups is 1. The zero-order valence-corrected chi connectivity index (χ0v) is 21.6. The minimum Gasteiger partial charge on any atom is -0.507 e. The number of carbonyl (C=O) groups is 2. The summed E-state index contributed by atoms with van der Waals surface area (Å²) >= 11 is 6.01. The number of ether oxygens (including phenoxy) is 3. The van der Waals surface area contributed by atoms with Crippen LogP contribution < -0.4 is 9.47 Å². The van der Waals surface area contributed by atoms with E-state index < -0.39 is 17.7 Å². The van der Waals surface area contributed by atoms with Gasteiger partial charge in [-0.1, -0.05) is 31.5 Å². The predicted octanol–water partition coefficient (Wildman–Crippen LogP) is 5.37. The topological polar surface area (TPSA) is 85.3 Å². The number of likely N-dealkylation sites (tertiary alicyclic amines) is 1. The van der Waals surface area contributed by atoms with E-state index in [1.165, 1.54) is 4.90 Å². The van der Waals surface area contributed by atoms with E-state index >= 15 is 0 Å². The van der Waals surface area contributed by atoms with Crippen LogP contribution in [0.15, 0.2) is 48.0 Å². The Bertz CT molecular complexity index is 1140. The van der Waals surface area contributed by atoms with Crippen molar-refractivity contribution < 1.29 is 28.9 Å². The molecule has 0 aromatic heterocycles. The fourth-order valence-electron chi connectivity index (χ4n) is 4.56. The summed E-state index contributed by atoms with van der Waals surface area (Å²) in [6.45, 7) is 5.67. The molecule has 2 heterocycles. The Labute approximate surface area is 216 Å². The van der Waals surface area contributed by atoms with Crippen LogP contribution in [-0.2, 0) is 14.3 Å². The third-order valence-electron chi connectivity index (χ3n) is 6.54. The molecule has 2 unspecified atom stereocenters. The zero-order chi connectivity index (χ0) is 25.8. The van der Waals surface area contributed by atoms with Gasteiger partial charge in [0.2, 0.25) is 0 Å². The molecule has 0 radical (unpaired) electrons. The molecule has 2 fully saturated rings. The fourth-order valence-corrected chi connectivity index (χ4v) is 4.69. The van der Waals surface area contributed by atoms with Crippen LogP contribution >= 0.6 is 11.6 Å². The van der Waals surface area contributed by atoms with E-state index in [4.69, 9.17) is 25.8 Å². The van der Waals surface area contributed by atoms with Crippen LogP contribution in [0.25, 0.3) is 5.76 Å². The highest BCUT2D eigenvalue weighted by Gasteiger charge is 2.47. The molecule has 2 aromatic rings. The van der Waals surface area contributed by atoms with Crippen molar-refractivity contribution in [2.24, 2.45) is 5.92 Å². The van der Waals surface area contributed by atoms with Gasteiger partial charge in [-0.25, -0.2) is 0 Å². The predicted molar refractivity (Wildman–Crippen MR) is 137 cm³/mol. The van der Waals surface area contributed by atoms with Crippen molar-refractivity contribution in [3.8, 4) is 11.5 Å². The Morgan fingerprint density at radius 3 is 2.56 bits per heavy atom. The Morgan fingerprint density at radius 1 is 1.17 bits per heavy atom. The van der Waals surface area contributed by atoms with E-state index in [9.17, 15) is 14.7 Å². The lowest BCUT2D eigenvalue weighted by atomic mass is 9.95. The van der Waals surface area contributed by atoms with Gasteiger partial charge in [-0.2, -0.15) is 0 Å². The number of amides is 1. The van der Waals surface area contributed by atoms with Crippen LogP contribution in [0, 0.1) is 5.92 Å². The number of rotatable bonds is 9. The van der Waals surface area contributed by atoms with Gasteiger partial charge < -0.3 is 24.2 Å². The Balaban J connectivity index is 1.76. The van der Waals surface area contributed by atoms with Crippen LogP contribution in [0.2, 0.25) is 5.02 Å². The first-order chi connectivity index (χ1) is 17.3. The molecule has 0 aliphatic carbocycles. The van der Waals surface area contributed by atoms with Crippen LogP contribution in [-0.4, -0.2) is 54.7 Å². The number of hydrogen-bond donors (Lipinski definition) is 1. The lowest BCUT2D eigenvalue weighted by Crippen LogP contribution is -2.36. The van der Waals surface area contributed by atoms with E-state index in [1.807, 2.05) is 0 Å². The Kier molecular flexibility index (Phi) is 8.21. The van der Waals surface area contributed by atoms with Crippen molar-refractivity contribution in [2.45, 2.75) is 45.3 Å². The number of methoxy groups -OCH3 is 1. The van der Waals surface area contributed by atoms with Crippen LogP contribution in [0.1, 0.15) is 50.3 Å². The Morgan fingerprint density at radius 2 is 1.92 bits per heavy atom. The van der Waals surface area contributed by atoms with E-state index in [2.05, 4.69) is 13.8 Å². The van der Waals surface area contributed by atoms with Crippen LogP contribution in [0.3, 0.4) is 0 Å². The van der Waals surface area contributed by atoms with E-state index in [0.29, 0.717) is 46.8 Å². The summed E-state index contributed by atoms with van der Waals surface area (Å²) in [5.41, 5.74) is 1.06. The quantitative estimate of drug-likeness (QED) is 0.275. The molecular weight excluding hydrogens is 482 g/mol. The number of carbonyl (C=O) groups excluding carboxylic acids is 2. The molecule has 1 N–H and O–H groups in total. The van der Waals surface area contributed by atoms with Crippen molar-refractivity contribution in [3.63, 3.8) is 0 Å². The smallest absolute Gasteiger partial charge is 0.295 e. The number of benzene rings is 2. The fraction of sp³-hybridized carbons (Fsp3) is 0.429. The SMILES string of the molecule is COc1cc(C2/C(=C(\O)c3ccc(Cl)cc3)C(=O)C(=O)N2CC2CCCO2)ccc1OCCC(C)C. The van der Waals surface area contributed by atoms with E-state index in [-0.39, 0.29) is 24.0 Å². The molecule has 2 aliphatic heterocycles. The summed E-state index contributed by atoms with van der Waals surface area (Å²) in [7, 11) is 1.55. The van der Waals surface area contributed by atoms with Gasteiger partial charge in [0.05, 0.1) is 31.4 Å². The maximum absolute atomic E-state index is 13.2. The van der Waals surface area contributed by atoms with Gasteiger partial charge in [0, 0.05) is 23.7 Å². The molecule has 36 heavy (non-hydrogen) atoms. The van der Waals surface area contributed by atoms with Crippen molar-refractivity contribution in [1.82, 2.24) is 4.90 Å².